The highest BCUT2D eigenvalue weighted by atomic mass is 16.5. The number of ether oxygens (including phenoxy) is 1. The Labute approximate surface area is 125 Å². The molecule has 0 aromatic carbocycles. The molecule has 6 nitrogen and oxygen atoms in total. The molecule has 1 fully saturated rings. The summed E-state index contributed by atoms with van der Waals surface area (Å²) in [6, 6.07) is 0.152. The molecule has 116 valence electrons. The van der Waals surface area contributed by atoms with Crippen LogP contribution in [0.15, 0.2) is 6.20 Å². The fourth-order valence-corrected chi connectivity index (χ4v) is 2.97. The molecule has 2 aliphatic rings. The quantitative estimate of drug-likeness (QED) is 0.817. The van der Waals surface area contributed by atoms with Crippen LogP contribution in [0, 0.1) is 0 Å². The number of carbonyl (C=O) groups excluding carboxylic acids is 1. The third-order valence-corrected chi connectivity index (χ3v) is 4.09. The number of fused-ring (bicyclic) bond motifs is 1. The molecule has 1 unspecified atom stereocenters. The molecule has 2 N–H and O–H groups in total. The van der Waals surface area contributed by atoms with Gasteiger partial charge in [-0.1, -0.05) is 0 Å². The standard InChI is InChI=1S/C15H24N4O2/c20-15(9-13-11-21-8-6-16-13)17-5-4-12-10-19-7-2-1-3-14(19)18-12/h10,13,16H,1-9,11H2,(H,17,20). The lowest BCUT2D eigenvalue weighted by Gasteiger charge is -2.23. The van der Waals surface area contributed by atoms with E-state index >= 15 is 0 Å². The van der Waals surface area contributed by atoms with Gasteiger partial charge in [0.2, 0.25) is 5.91 Å². The van der Waals surface area contributed by atoms with E-state index in [1.54, 1.807) is 0 Å². The number of rotatable bonds is 5. The predicted molar refractivity (Wildman–Crippen MR) is 79.1 cm³/mol. The van der Waals surface area contributed by atoms with E-state index in [4.69, 9.17) is 4.74 Å². The number of nitrogens with one attached hydrogen (secondary N) is 2. The molecule has 2 aliphatic heterocycles. The average Bonchev–Trinajstić information content (AvgIpc) is 2.91. The highest BCUT2D eigenvalue weighted by Crippen LogP contribution is 2.14. The summed E-state index contributed by atoms with van der Waals surface area (Å²) in [6.45, 7) is 3.94. The van der Waals surface area contributed by atoms with Crippen LogP contribution in [-0.4, -0.2) is 47.8 Å². The zero-order valence-corrected chi connectivity index (χ0v) is 12.4. The van der Waals surface area contributed by atoms with E-state index in [9.17, 15) is 4.79 Å². The summed E-state index contributed by atoms with van der Waals surface area (Å²) in [5.74, 6) is 1.29. The normalized spacial score (nSPS) is 21.8. The Bertz CT molecular complexity index is 457. The molecule has 3 heterocycles. The number of aromatic nitrogens is 2. The first kappa shape index (κ1) is 14.5. The maximum absolute atomic E-state index is 11.9. The highest BCUT2D eigenvalue weighted by Gasteiger charge is 2.17. The van der Waals surface area contributed by atoms with Gasteiger partial charge in [0.15, 0.2) is 0 Å². The van der Waals surface area contributed by atoms with Crippen molar-refractivity contribution in [2.45, 2.75) is 44.7 Å². The van der Waals surface area contributed by atoms with E-state index in [1.165, 1.54) is 18.7 Å². The van der Waals surface area contributed by atoms with Crippen LogP contribution in [0.4, 0.5) is 0 Å². The topological polar surface area (TPSA) is 68.2 Å². The van der Waals surface area contributed by atoms with Crippen molar-refractivity contribution in [2.75, 3.05) is 26.3 Å². The van der Waals surface area contributed by atoms with Gasteiger partial charge in [0.05, 0.1) is 18.9 Å². The molecule has 0 spiro atoms. The number of hydrogen-bond acceptors (Lipinski definition) is 4. The van der Waals surface area contributed by atoms with Crippen LogP contribution in [0.25, 0.3) is 0 Å². The fourth-order valence-electron chi connectivity index (χ4n) is 2.97. The van der Waals surface area contributed by atoms with Crippen molar-refractivity contribution in [3.05, 3.63) is 17.7 Å². The van der Waals surface area contributed by atoms with Crippen molar-refractivity contribution in [3.63, 3.8) is 0 Å². The third-order valence-electron chi connectivity index (χ3n) is 4.09. The molecule has 1 aromatic heterocycles. The second-order valence-electron chi connectivity index (χ2n) is 5.83. The van der Waals surface area contributed by atoms with Crippen molar-refractivity contribution < 1.29 is 9.53 Å². The molecule has 1 saturated heterocycles. The first-order chi connectivity index (χ1) is 10.3. The van der Waals surface area contributed by atoms with Crippen molar-refractivity contribution in [2.24, 2.45) is 0 Å². The summed E-state index contributed by atoms with van der Waals surface area (Å²) in [6.07, 6.45) is 7.00. The van der Waals surface area contributed by atoms with Gasteiger partial charge >= 0.3 is 0 Å². The zero-order chi connectivity index (χ0) is 14.5. The zero-order valence-electron chi connectivity index (χ0n) is 12.4. The van der Waals surface area contributed by atoms with E-state index in [1.807, 2.05) is 0 Å². The molecule has 1 atom stereocenters. The summed E-state index contributed by atoms with van der Waals surface area (Å²) in [7, 11) is 0. The smallest absolute Gasteiger partial charge is 0.221 e. The molecule has 1 aromatic rings. The van der Waals surface area contributed by atoms with Crippen molar-refractivity contribution >= 4 is 5.91 Å². The number of hydrogen-bond donors (Lipinski definition) is 2. The number of morpholine rings is 1. The largest absolute Gasteiger partial charge is 0.378 e. The summed E-state index contributed by atoms with van der Waals surface area (Å²) in [5, 5.41) is 6.26. The first-order valence-electron chi connectivity index (χ1n) is 7.94. The van der Waals surface area contributed by atoms with Gasteiger partial charge in [-0.3, -0.25) is 4.79 Å². The average molecular weight is 292 g/mol. The lowest BCUT2D eigenvalue weighted by Crippen LogP contribution is -2.44. The second kappa shape index (κ2) is 7.04. The fraction of sp³-hybridized carbons (Fsp3) is 0.733. The molecule has 1 amide bonds. The first-order valence-corrected chi connectivity index (χ1v) is 7.94. The molecular formula is C15H24N4O2. The maximum Gasteiger partial charge on any atom is 0.221 e. The minimum Gasteiger partial charge on any atom is -0.378 e. The van der Waals surface area contributed by atoms with Gasteiger partial charge in [-0.15, -0.1) is 0 Å². The Kier molecular flexibility index (Phi) is 4.87. The van der Waals surface area contributed by atoms with Gasteiger partial charge in [0, 0.05) is 51.1 Å². The Balaban J connectivity index is 1.39. The molecule has 0 saturated carbocycles. The Morgan fingerprint density at radius 2 is 2.48 bits per heavy atom. The molecular weight excluding hydrogens is 268 g/mol. The van der Waals surface area contributed by atoms with Crippen LogP contribution in [0.3, 0.4) is 0 Å². The Morgan fingerprint density at radius 3 is 3.29 bits per heavy atom. The third kappa shape index (κ3) is 4.04. The minimum absolute atomic E-state index is 0.0852. The second-order valence-corrected chi connectivity index (χ2v) is 5.83. The van der Waals surface area contributed by atoms with Gasteiger partial charge in [-0.2, -0.15) is 0 Å². The van der Waals surface area contributed by atoms with Crippen LogP contribution < -0.4 is 10.6 Å². The lowest BCUT2D eigenvalue weighted by molar-refractivity contribution is -0.122. The van der Waals surface area contributed by atoms with Gasteiger partial charge in [0.25, 0.3) is 0 Å². The van der Waals surface area contributed by atoms with Crippen molar-refractivity contribution in [1.29, 1.82) is 0 Å². The minimum atomic E-state index is 0.0852. The van der Waals surface area contributed by atoms with Gasteiger partial charge in [-0.05, 0) is 12.8 Å². The van der Waals surface area contributed by atoms with E-state index < -0.39 is 0 Å². The predicted octanol–water partition coefficient (Wildman–Crippen LogP) is 0.257. The molecule has 0 bridgehead atoms. The number of amides is 1. The number of aryl methyl sites for hydroxylation is 2. The van der Waals surface area contributed by atoms with Gasteiger partial charge < -0.3 is 19.9 Å². The van der Waals surface area contributed by atoms with Crippen LogP contribution in [-0.2, 0) is 28.9 Å². The molecule has 0 aliphatic carbocycles. The van der Waals surface area contributed by atoms with E-state index in [-0.39, 0.29) is 11.9 Å². The molecule has 3 rings (SSSR count). The maximum atomic E-state index is 11.9. The SMILES string of the molecule is O=C(CC1COCCN1)NCCc1cn2c(n1)CCCC2. The van der Waals surface area contributed by atoms with Crippen molar-refractivity contribution in [3.8, 4) is 0 Å². The van der Waals surface area contributed by atoms with Crippen LogP contribution >= 0.6 is 0 Å². The van der Waals surface area contributed by atoms with Crippen LogP contribution in [0.1, 0.15) is 30.8 Å². The van der Waals surface area contributed by atoms with E-state index in [0.717, 1.165) is 38.2 Å². The molecule has 0 radical (unpaired) electrons. The highest BCUT2D eigenvalue weighted by molar-refractivity contribution is 5.76. The number of imidazole rings is 1. The van der Waals surface area contributed by atoms with E-state index in [2.05, 4.69) is 26.4 Å². The van der Waals surface area contributed by atoms with Crippen LogP contribution in [0.2, 0.25) is 0 Å². The number of carbonyl (C=O) groups is 1. The number of nitrogens with zero attached hydrogens (tertiary/aromatic N) is 2. The Hall–Kier alpha value is -1.40. The summed E-state index contributed by atoms with van der Waals surface area (Å²) in [4.78, 5) is 16.5. The van der Waals surface area contributed by atoms with Gasteiger partial charge in [-0.25, -0.2) is 4.98 Å². The van der Waals surface area contributed by atoms with Crippen LogP contribution in [0.5, 0.6) is 0 Å². The summed E-state index contributed by atoms with van der Waals surface area (Å²) in [5.41, 5.74) is 1.09. The van der Waals surface area contributed by atoms with Gasteiger partial charge in [0.1, 0.15) is 5.82 Å². The summed E-state index contributed by atoms with van der Waals surface area (Å²) < 4.78 is 7.60. The monoisotopic (exact) mass is 292 g/mol. The molecule has 21 heavy (non-hydrogen) atoms. The molecule has 6 heteroatoms. The van der Waals surface area contributed by atoms with E-state index in [0.29, 0.717) is 19.6 Å². The Morgan fingerprint density at radius 1 is 1.52 bits per heavy atom. The lowest BCUT2D eigenvalue weighted by atomic mass is 10.2. The van der Waals surface area contributed by atoms with Crippen molar-refractivity contribution in [1.82, 2.24) is 20.2 Å². The summed E-state index contributed by atoms with van der Waals surface area (Å²) >= 11 is 0.